The molecule has 0 heterocycles. The Morgan fingerprint density at radius 1 is 1.20 bits per heavy atom. The Morgan fingerprint density at radius 3 is 2.52 bits per heavy atom. The molecule has 134 valence electrons. The maximum Gasteiger partial charge on any atom is 0.411 e. The molecule has 0 unspecified atom stereocenters. The molecule has 0 spiro atoms. The molecular formula is C16H17ClN2O5S. The highest BCUT2D eigenvalue weighted by atomic mass is 35.5. The van der Waals surface area contributed by atoms with E-state index in [1.807, 2.05) is 30.3 Å². The average Bonchev–Trinajstić information content (AvgIpc) is 2.61. The minimum atomic E-state index is -3.95. The van der Waals surface area contributed by atoms with Crippen molar-refractivity contribution in [3.05, 3.63) is 59.1 Å². The van der Waals surface area contributed by atoms with Crippen LogP contribution >= 0.6 is 11.6 Å². The monoisotopic (exact) mass is 384 g/mol. The number of ether oxygens (including phenoxy) is 1. The predicted molar refractivity (Wildman–Crippen MR) is 93.7 cm³/mol. The van der Waals surface area contributed by atoms with Crippen LogP contribution in [0.3, 0.4) is 0 Å². The summed E-state index contributed by atoms with van der Waals surface area (Å²) in [6.07, 6.45) is -0.713. The molecule has 7 nitrogen and oxygen atoms in total. The lowest BCUT2D eigenvalue weighted by atomic mass is 10.2. The minimum Gasteiger partial charge on any atom is -0.444 e. The van der Waals surface area contributed by atoms with Gasteiger partial charge in [-0.05, 0) is 23.8 Å². The zero-order chi connectivity index (χ0) is 18.4. The molecule has 2 aromatic rings. The van der Waals surface area contributed by atoms with Gasteiger partial charge in [0.15, 0.2) is 0 Å². The van der Waals surface area contributed by atoms with Crippen LogP contribution in [0.5, 0.6) is 0 Å². The fraction of sp³-hybridized carbons (Fsp3) is 0.188. The number of carbonyl (C=O) groups excluding carboxylic acids is 1. The summed E-state index contributed by atoms with van der Waals surface area (Å²) < 4.78 is 30.4. The van der Waals surface area contributed by atoms with Gasteiger partial charge in [0, 0.05) is 12.7 Å². The topological polar surface area (TPSA) is 84.9 Å². The van der Waals surface area contributed by atoms with Crippen molar-refractivity contribution in [2.45, 2.75) is 11.5 Å². The van der Waals surface area contributed by atoms with Crippen LogP contribution in [0, 0.1) is 0 Å². The van der Waals surface area contributed by atoms with E-state index in [2.05, 4.69) is 5.32 Å². The smallest absolute Gasteiger partial charge is 0.411 e. The zero-order valence-corrected chi connectivity index (χ0v) is 15.2. The molecular weight excluding hydrogens is 368 g/mol. The second kappa shape index (κ2) is 8.30. The molecule has 2 rings (SSSR count). The highest BCUT2D eigenvalue weighted by Crippen LogP contribution is 2.27. The van der Waals surface area contributed by atoms with Crippen molar-refractivity contribution in [1.82, 2.24) is 4.47 Å². The number of rotatable bonds is 6. The first-order chi connectivity index (χ1) is 11.8. The molecule has 0 aliphatic rings. The first-order valence-electron chi connectivity index (χ1n) is 7.15. The predicted octanol–water partition coefficient (Wildman–Crippen LogP) is 3.27. The minimum absolute atomic E-state index is 0.00658. The number of amides is 1. The van der Waals surface area contributed by atoms with Gasteiger partial charge in [0.1, 0.15) is 11.5 Å². The van der Waals surface area contributed by atoms with E-state index in [0.29, 0.717) is 4.47 Å². The van der Waals surface area contributed by atoms with Crippen molar-refractivity contribution < 1.29 is 22.8 Å². The molecule has 0 aromatic heterocycles. The van der Waals surface area contributed by atoms with Crippen molar-refractivity contribution in [3.63, 3.8) is 0 Å². The summed E-state index contributed by atoms with van der Waals surface area (Å²) in [4.78, 5) is 16.4. The number of hydrogen-bond donors (Lipinski definition) is 1. The molecule has 0 aliphatic carbocycles. The van der Waals surface area contributed by atoms with E-state index in [1.54, 1.807) is 0 Å². The lowest BCUT2D eigenvalue weighted by Crippen LogP contribution is -2.26. The van der Waals surface area contributed by atoms with Gasteiger partial charge in [-0.1, -0.05) is 46.4 Å². The van der Waals surface area contributed by atoms with Gasteiger partial charge < -0.3 is 4.74 Å². The van der Waals surface area contributed by atoms with E-state index < -0.39 is 16.1 Å². The molecule has 0 radical (unpaired) electrons. The van der Waals surface area contributed by atoms with Gasteiger partial charge in [-0.25, -0.2) is 13.2 Å². The quantitative estimate of drug-likeness (QED) is 0.772. The maximum absolute atomic E-state index is 12.3. The van der Waals surface area contributed by atoms with E-state index in [4.69, 9.17) is 21.2 Å². The molecule has 25 heavy (non-hydrogen) atoms. The lowest BCUT2D eigenvalue weighted by Gasteiger charge is -2.16. The molecule has 1 amide bonds. The number of nitrogens with one attached hydrogen (secondary N) is 1. The van der Waals surface area contributed by atoms with Crippen molar-refractivity contribution >= 4 is 33.4 Å². The Bertz CT molecular complexity index is 843. The molecule has 0 atom stereocenters. The zero-order valence-electron chi connectivity index (χ0n) is 13.6. The van der Waals surface area contributed by atoms with E-state index in [9.17, 15) is 13.2 Å². The Balaban J connectivity index is 2.10. The van der Waals surface area contributed by atoms with Crippen molar-refractivity contribution in [2.24, 2.45) is 0 Å². The van der Waals surface area contributed by atoms with Gasteiger partial charge in [-0.3, -0.25) is 10.2 Å². The van der Waals surface area contributed by atoms with Crippen LogP contribution in [0.25, 0.3) is 0 Å². The second-order valence-electron chi connectivity index (χ2n) is 4.93. The molecule has 0 bridgehead atoms. The largest absolute Gasteiger partial charge is 0.444 e. The van der Waals surface area contributed by atoms with Gasteiger partial charge in [0.05, 0.1) is 12.1 Å². The summed E-state index contributed by atoms with van der Waals surface area (Å²) in [5, 5.41) is 2.47. The normalized spacial score (nSPS) is 11.4. The van der Waals surface area contributed by atoms with Crippen LogP contribution in [0.4, 0.5) is 10.5 Å². The molecule has 0 saturated carbocycles. The number of nitrogens with zero attached hydrogens (tertiary/aromatic N) is 1. The third-order valence-electron chi connectivity index (χ3n) is 3.26. The van der Waals surface area contributed by atoms with Crippen molar-refractivity contribution in [3.8, 4) is 0 Å². The molecule has 0 fully saturated rings. The van der Waals surface area contributed by atoms with E-state index in [0.717, 1.165) is 5.56 Å². The fourth-order valence-corrected chi connectivity index (χ4v) is 3.37. The molecule has 2 aromatic carbocycles. The van der Waals surface area contributed by atoms with E-state index in [1.165, 1.54) is 32.4 Å². The fourth-order valence-electron chi connectivity index (χ4n) is 1.89. The van der Waals surface area contributed by atoms with E-state index in [-0.39, 0.29) is 22.2 Å². The van der Waals surface area contributed by atoms with Crippen LogP contribution in [-0.2, 0) is 26.2 Å². The van der Waals surface area contributed by atoms with Gasteiger partial charge >= 0.3 is 6.09 Å². The number of carbonyl (C=O) groups is 1. The van der Waals surface area contributed by atoms with Crippen LogP contribution in [-0.4, -0.2) is 33.1 Å². The number of benzene rings is 2. The lowest BCUT2D eigenvalue weighted by molar-refractivity contribution is -0.0258. The number of sulfonamides is 1. The first kappa shape index (κ1) is 19.2. The molecule has 1 N–H and O–H groups in total. The third-order valence-corrected chi connectivity index (χ3v) is 5.43. The molecule has 0 saturated heterocycles. The van der Waals surface area contributed by atoms with Crippen LogP contribution < -0.4 is 5.32 Å². The number of anilines is 1. The van der Waals surface area contributed by atoms with Crippen molar-refractivity contribution in [1.29, 1.82) is 0 Å². The average molecular weight is 385 g/mol. The SMILES string of the molecule is CON(C)S(=O)(=O)c1cc(NC(=O)OCc2ccccc2)ccc1Cl. The van der Waals surface area contributed by atoms with Gasteiger partial charge in [-0.2, -0.15) is 0 Å². The summed E-state index contributed by atoms with van der Waals surface area (Å²) >= 11 is 5.95. The number of hydroxylamine groups is 1. The van der Waals surface area contributed by atoms with Crippen LogP contribution in [0.15, 0.2) is 53.4 Å². The highest BCUT2D eigenvalue weighted by molar-refractivity contribution is 7.89. The Hall–Kier alpha value is -2.13. The highest BCUT2D eigenvalue weighted by Gasteiger charge is 2.24. The summed E-state index contributed by atoms with van der Waals surface area (Å²) in [5.74, 6) is 0. The van der Waals surface area contributed by atoms with Gasteiger partial charge in [-0.15, -0.1) is 0 Å². The number of hydrogen-bond acceptors (Lipinski definition) is 5. The van der Waals surface area contributed by atoms with Crippen LogP contribution in [0.1, 0.15) is 5.56 Å². The standard InChI is InChI=1S/C16H17ClN2O5S/c1-19(23-2)25(21,22)15-10-13(8-9-14(15)17)18-16(20)24-11-12-6-4-3-5-7-12/h3-10H,11H2,1-2H3,(H,18,20). The van der Waals surface area contributed by atoms with Gasteiger partial charge in [0.25, 0.3) is 10.0 Å². The summed E-state index contributed by atoms with van der Waals surface area (Å²) in [6.45, 7) is 0.0951. The van der Waals surface area contributed by atoms with E-state index >= 15 is 0 Å². The summed E-state index contributed by atoms with van der Waals surface area (Å²) in [5.41, 5.74) is 1.06. The second-order valence-corrected chi connectivity index (χ2v) is 7.24. The number of halogens is 1. The van der Waals surface area contributed by atoms with Crippen LogP contribution in [0.2, 0.25) is 5.02 Å². The first-order valence-corrected chi connectivity index (χ1v) is 8.96. The Labute approximate surface area is 151 Å². The third kappa shape index (κ3) is 4.93. The van der Waals surface area contributed by atoms with Crippen molar-refractivity contribution in [2.75, 3.05) is 19.5 Å². The Morgan fingerprint density at radius 2 is 1.88 bits per heavy atom. The maximum atomic E-state index is 12.3. The summed E-state index contributed by atoms with van der Waals surface area (Å²) in [6, 6.07) is 13.2. The Kier molecular flexibility index (Phi) is 6.38. The van der Waals surface area contributed by atoms with Gasteiger partial charge in [0.2, 0.25) is 0 Å². The summed E-state index contributed by atoms with van der Waals surface area (Å²) in [7, 11) is -1.49. The molecule has 9 heteroatoms. The molecule has 0 aliphatic heterocycles.